The molecule has 0 bridgehead atoms. The minimum absolute atomic E-state index is 0.117. The Balaban J connectivity index is 1.52. The minimum atomic E-state index is -0.594. The van der Waals surface area contributed by atoms with E-state index in [2.05, 4.69) is 34.2 Å². The van der Waals surface area contributed by atoms with E-state index in [9.17, 15) is 9.59 Å². The van der Waals surface area contributed by atoms with Crippen molar-refractivity contribution in [2.75, 3.05) is 31.6 Å². The molecule has 0 radical (unpaired) electrons. The number of fused-ring (bicyclic) bond motifs is 2. The van der Waals surface area contributed by atoms with E-state index in [-0.39, 0.29) is 18.0 Å². The fourth-order valence-corrected chi connectivity index (χ4v) is 4.79. The first-order valence-electron chi connectivity index (χ1n) is 11.6. The molecule has 2 amide bonds. The molecule has 34 heavy (non-hydrogen) atoms. The van der Waals surface area contributed by atoms with Crippen molar-refractivity contribution >= 4 is 28.4 Å². The van der Waals surface area contributed by atoms with Crippen LogP contribution in [-0.4, -0.2) is 53.2 Å². The van der Waals surface area contributed by atoms with Crippen molar-refractivity contribution in [3.05, 3.63) is 59.3 Å². The minimum Gasteiger partial charge on any atom is -0.385 e. The first-order chi connectivity index (χ1) is 16.4. The first kappa shape index (κ1) is 22.2. The average Bonchev–Trinajstić information content (AvgIpc) is 3.37. The number of aromatic nitrogens is 2. The number of amides is 2. The van der Waals surface area contributed by atoms with E-state index < -0.39 is 5.91 Å². The van der Waals surface area contributed by atoms with Crippen molar-refractivity contribution in [3.63, 3.8) is 0 Å². The van der Waals surface area contributed by atoms with Gasteiger partial charge >= 0.3 is 0 Å². The number of aryl methyl sites for hydroxylation is 1. The fourth-order valence-electron chi connectivity index (χ4n) is 4.79. The molecule has 4 N–H and O–H groups in total. The largest absolute Gasteiger partial charge is 0.385 e. The molecule has 2 aliphatic heterocycles. The number of ether oxygens (including phenoxy) is 1. The monoisotopic (exact) mass is 459 g/mol. The molecule has 0 unspecified atom stereocenters. The number of aromatic amines is 1. The zero-order valence-corrected chi connectivity index (χ0v) is 19.3. The summed E-state index contributed by atoms with van der Waals surface area (Å²) >= 11 is 0. The van der Waals surface area contributed by atoms with E-state index in [4.69, 9.17) is 10.5 Å². The highest BCUT2D eigenvalue weighted by Gasteiger charge is 2.31. The molecule has 1 fully saturated rings. The molecule has 2 aromatic carbocycles. The number of carbonyl (C=O) groups excluding carboxylic acids is 2. The van der Waals surface area contributed by atoms with Crippen LogP contribution in [0.3, 0.4) is 0 Å². The van der Waals surface area contributed by atoms with Gasteiger partial charge in [-0.2, -0.15) is 5.10 Å². The van der Waals surface area contributed by atoms with Gasteiger partial charge in [-0.15, -0.1) is 0 Å². The maximum Gasteiger partial charge on any atom is 0.254 e. The number of anilines is 1. The van der Waals surface area contributed by atoms with E-state index in [1.54, 1.807) is 4.90 Å². The predicted octanol–water partition coefficient (Wildman–Crippen LogP) is 3.37. The molecule has 1 saturated heterocycles. The van der Waals surface area contributed by atoms with Gasteiger partial charge in [0.05, 0.1) is 17.8 Å². The van der Waals surface area contributed by atoms with Gasteiger partial charge in [-0.25, -0.2) is 0 Å². The van der Waals surface area contributed by atoms with Gasteiger partial charge in [-0.05, 0) is 66.6 Å². The highest BCUT2D eigenvalue weighted by atomic mass is 16.5. The number of primary amides is 1. The van der Waals surface area contributed by atoms with Crippen LogP contribution >= 0.6 is 0 Å². The van der Waals surface area contributed by atoms with Crippen molar-refractivity contribution in [3.8, 4) is 11.1 Å². The Morgan fingerprint density at radius 2 is 2.03 bits per heavy atom. The fraction of sp³-hybridized carbons (Fsp3) is 0.346. The third-order valence-electron chi connectivity index (χ3n) is 6.85. The summed E-state index contributed by atoms with van der Waals surface area (Å²) in [5.41, 5.74) is 12.0. The quantitative estimate of drug-likeness (QED) is 0.469. The normalized spacial score (nSPS) is 16.1. The molecule has 8 heteroatoms. The summed E-state index contributed by atoms with van der Waals surface area (Å²) in [4.78, 5) is 26.5. The molecule has 2 aliphatic rings. The van der Waals surface area contributed by atoms with Crippen molar-refractivity contribution in [1.82, 2.24) is 15.1 Å². The highest BCUT2D eigenvalue weighted by Crippen LogP contribution is 2.37. The standard InChI is InChI=1S/C26H29N5O3/c1-15(25(27)32)13-31-14-23-21(18-3-4-24-20(9-18)16(2)29-30-24)10-19(11-22(23)26(31)33)28-12-17-5-7-34-8-6-17/h3-4,9-11,17,28H,1,5-8,12-14H2,2H3,(H2,27,32)(H,29,30). The lowest BCUT2D eigenvalue weighted by molar-refractivity contribution is -0.114. The Labute approximate surface area is 198 Å². The summed E-state index contributed by atoms with van der Waals surface area (Å²) < 4.78 is 5.48. The smallest absolute Gasteiger partial charge is 0.254 e. The molecule has 1 aromatic heterocycles. The van der Waals surface area contributed by atoms with Gasteiger partial charge in [0.2, 0.25) is 5.91 Å². The lowest BCUT2D eigenvalue weighted by Gasteiger charge is -2.23. The average molecular weight is 460 g/mol. The van der Waals surface area contributed by atoms with Crippen molar-refractivity contribution in [2.45, 2.75) is 26.3 Å². The number of nitrogens with zero attached hydrogens (tertiary/aromatic N) is 2. The maximum atomic E-state index is 13.3. The van der Waals surface area contributed by atoms with Crippen LogP contribution in [0.25, 0.3) is 22.0 Å². The van der Waals surface area contributed by atoms with Gasteiger partial charge in [0, 0.05) is 48.5 Å². The molecule has 0 aliphatic carbocycles. The lowest BCUT2D eigenvalue weighted by atomic mass is 9.94. The van der Waals surface area contributed by atoms with E-state index in [1.807, 2.05) is 25.1 Å². The highest BCUT2D eigenvalue weighted by molar-refractivity contribution is 6.03. The van der Waals surface area contributed by atoms with Gasteiger partial charge in [0.1, 0.15) is 0 Å². The molecular weight excluding hydrogens is 430 g/mol. The van der Waals surface area contributed by atoms with Gasteiger partial charge in [-0.3, -0.25) is 14.7 Å². The summed E-state index contributed by atoms with van der Waals surface area (Å²) in [5.74, 6) is -0.168. The molecule has 176 valence electrons. The lowest BCUT2D eigenvalue weighted by Crippen LogP contribution is -2.30. The van der Waals surface area contributed by atoms with Crippen LogP contribution < -0.4 is 11.1 Å². The number of hydrogen-bond donors (Lipinski definition) is 3. The predicted molar refractivity (Wildman–Crippen MR) is 131 cm³/mol. The molecule has 3 heterocycles. The third-order valence-corrected chi connectivity index (χ3v) is 6.85. The third kappa shape index (κ3) is 4.17. The second-order valence-electron chi connectivity index (χ2n) is 9.18. The van der Waals surface area contributed by atoms with Gasteiger partial charge < -0.3 is 20.7 Å². The number of nitrogens with one attached hydrogen (secondary N) is 2. The van der Waals surface area contributed by atoms with E-state index >= 15 is 0 Å². The summed E-state index contributed by atoms with van der Waals surface area (Å²) in [6, 6.07) is 10.2. The Hall–Kier alpha value is -3.65. The summed E-state index contributed by atoms with van der Waals surface area (Å²) in [5, 5.41) is 12.0. The number of benzene rings is 2. The van der Waals surface area contributed by atoms with Crippen molar-refractivity contribution < 1.29 is 14.3 Å². The Bertz CT molecular complexity index is 1290. The van der Waals surface area contributed by atoms with Crippen LogP contribution in [-0.2, 0) is 16.1 Å². The van der Waals surface area contributed by atoms with E-state index in [0.29, 0.717) is 18.0 Å². The molecule has 0 atom stereocenters. The molecule has 5 rings (SSSR count). The van der Waals surface area contributed by atoms with Crippen molar-refractivity contribution in [1.29, 1.82) is 0 Å². The Kier molecular flexibility index (Phi) is 5.83. The molecule has 0 spiro atoms. The Morgan fingerprint density at radius 3 is 2.79 bits per heavy atom. The first-order valence-corrected chi connectivity index (χ1v) is 11.6. The summed E-state index contributed by atoms with van der Waals surface area (Å²) in [6.45, 7) is 8.64. The summed E-state index contributed by atoms with van der Waals surface area (Å²) in [7, 11) is 0. The number of carbonyl (C=O) groups is 2. The second kappa shape index (κ2) is 8.95. The second-order valence-corrected chi connectivity index (χ2v) is 9.18. The van der Waals surface area contributed by atoms with Crippen LogP contribution in [0.4, 0.5) is 5.69 Å². The van der Waals surface area contributed by atoms with Gasteiger partial charge in [-0.1, -0.05) is 12.6 Å². The molecule has 8 nitrogen and oxygen atoms in total. The van der Waals surface area contributed by atoms with Crippen LogP contribution in [0.2, 0.25) is 0 Å². The zero-order chi connectivity index (χ0) is 23.8. The molecule has 3 aromatic rings. The molecule has 0 saturated carbocycles. The number of nitrogens with two attached hydrogens (primary N) is 1. The number of H-pyrrole nitrogens is 1. The van der Waals surface area contributed by atoms with E-state index in [0.717, 1.165) is 71.6 Å². The SMILES string of the molecule is C=C(CN1Cc2c(cc(NCC3CCOCC3)cc2-c2ccc3[nH]nc(C)c3c2)C1=O)C(N)=O. The van der Waals surface area contributed by atoms with Crippen LogP contribution in [0.15, 0.2) is 42.5 Å². The van der Waals surface area contributed by atoms with E-state index in [1.165, 1.54) is 0 Å². The van der Waals surface area contributed by atoms with Gasteiger partial charge in [0.25, 0.3) is 5.91 Å². The van der Waals surface area contributed by atoms with Crippen LogP contribution in [0, 0.1) is 12.8 Å². The maximum absolute atomic E-state index is 13.3. The number of rotatable bonds is 7. The number of hydrogen-bond acceptors (Lipinski definition) is 5. The topological polar surface area (TPSA) is 113 Å². The molecular formula is C26H29N5O3. The van der Waals surface area contributed by atoms with Crippen LogP contribution in [0.1, 0.15) is 34.5 Å². The zero-order valence-electron chi connectivity index (χ0n) is 19.3. The summed E-state index contributed by atoms with van der Waals surface area (Å²) in [6.07, 6.45) is 2.06. The van der Waals surface area contributed by atoms with Crippen LogP contribution in [0.5, 0.6) is 0 Å². The van der Waals surface area contributed by atoms with Crippen molar-refractivity contribution in [2.24, 2.45) is 11.7 Å². The van der Waals surface area contributed by atoms with Gasteiger partial charge in [0.15, 0.2) is 0 Å². The Morgan fingerprint density at radius 1 is 1.26 bits per heavy atom.